The molecule has 1 aliphatic heterocycles. The fraction of sp³-hybridized carbons (Fsp3) is 0.273. The molecule has 0 saturated carbocycles. The minimum absolute atomic E-state index is 0.147. The van der Waals surface area contributed by atoms with Crippen LogP contribution in [0.3, 0.4) is 0 Å². The van der Waals surface area contributed by atoms with E-state index in [9.17, 15) is 9.59 Å². The lowest BCUT2D eigenvalue weighted by Crippen LogP contribution is -2.32. The number of para-hydroxylation sites is 1. The van der Waals surface area contributed by atoms with Gasteiger partial charge in [-0.1, -0.05) is 35.9 Å². The second-order valence-electron chi connectivity index (χ2n) is 7.28. The summed E-state index contributed by atoms with van der Waals surface area (Å²) >= 11 is 6.05. The van der Waals surface area contributed by atoms with Crippen molar-refractivity contribution in [3.63, 3.8) is 0 Å². The van der Waals surface area contributed by atoms with E-state index >= 15 is 0 Å². The van der Waals surface area contributed by atoms with Crippen molar-refractivity contribution in [3.05, 3.63) is 80.7 Å². The number of hydrogen-bond acceptors (Lipinski definition) is 4. The van der Waals surface area contributed by atoms with Gasteiger partial charge in [0.25, 0.3) is 5.91 Å². The van der Waals surface area contributed by atoms with Gasteiger partial charge in [-0.25, -0.2) is 0 Å². The molecule has 0 spiro atoms. The van der Waals surface area contributed by atoms with Crippen LogP contribution in [0.25, 0.3) is 11.0 Å². The molecule has 2 aromatic carbocycles. The Bertz CT molecular complexity index is 1090. The molecule has 0 saturated heterocycles. The maximum Gasteiger partial charge on any atom is 0.290 e. The monoisotopic (exact) mass is 396 g/mol. The molecule has 0 fully saturated rings. The summed E-state index contributed by atoms with van der Waals surface area (Å²) in [4.78, 5) is 30.3. The summed E-state index contributed by atoms with van der Waals surface area (Å²) in [5, 5.41) is 1.10. The zero-order valence-corrected chi connectivity index (χ0v) is 16.6. The molecule has 2 heterocycles. The first kappa shape index (κ1) is 18.7. The SMILES string of the molecule is CN(C)CCCN1C(=O)c2oc3ccccc3c(=O)c2[C@H]1c1ccc(Cl)cc1. The van der Waals surface area contributed by atoms with Gasteiger partial charge < -0.3 is 14.2 Å². The normalized spacial score (nSPS) is 16.2. The maximum absolute atomic E-state index is 13.3. The highest BCUT2D eigenvalue weighted by atomic mass is 35.5. The van der Waals surface area contributed by atoms with Crippen molar-refractivity contribution in [2.24, 2.45) is 0 Å². The molecule has 0 bridgehead atoms. The summed E-state index contributed by atoms with van der Waals surface area (Å²) in [6, 6.07) is 13.9. The topological polar surface area (TPSA) is 53.8 Å². The highest BCUT2D eigenvalue weighted by molar-refractivity contribution is 6.30. The number of fused-ring (bicyclic) bond motifs is 2. The van der Waals surface area contributed by atoms with Crippen molar-refractivity contribution < 1.29 is 9.21 Å². The molecule has 5 nitrogen and oxygen atoms in total. The predicted molar refractivity (Wildman–Crippen MR) is 110 cm³/mol. The first-order valence-corrected chi connectivity index (χ1v) is 9.62. The molecule has 0 N–H and O–H groups in total. The Morgan fingerprint density at radius 1 is 1.07 bits per heavy atom. The average Bonchev–Trinajstić information content (AvgIpc) is 2.95. The van der Waals surface area contributed by atoms with Crippen molar-refractivity contribution in [2.45, 2.75) is 12.5 Å². The van der Waals surface area contributed by atoms with Gasteiger partial charge >= 0.3 is 0 Å². The van der Waals surface area contributed by atoms with Gasteiger partial charge in [-0.05, 0) is 56.9 Å². The van der Waals surface area contributed by atoms with Crippen LogP contribution in [0.1, 0.15) is 34.1 Å². The standard InChI is InChI=1S/C22H21ClN2O3/c1-24(2)12-5-13-25-19(14-8-10-15(23)11-9-14)18-20(26)16-6-3-4-7-17(16)28-21(18)22(25)27/h3-4,6-11,19H,5,12-13H2,1-2H3/t19-/m1/s1. The highest BCUT2D eigenvalue weighted by Gasteiger charge is 2.42. The van der Waals surface area contributed by atoms with Crippen LogP contribution in [-0.2, 0) is 0 Å². The molecule has 144 valence electrons. The van der Waals surface area contributed by atoms with Crippen LogP contribution in [0.4, 0.5) is 0 Å². The summed E-state index contributed by atoms with van der Waals surface area (Å²) in [6.45, 7) is 1.38. The zero-order chi connectivity index (χ0) is 19.8. The highest BCUT2D eigenvalue weighted by Crippen LogP contribution is 2.38. The second-order valence-corrected chi connectivity index (χ2v) is 7.72. The smallest absolute Gasteiger partial charge is 0.290 e. The minimum Gasteiger partial charge on any atom is -0.450 e. The van der Waals surface area contributed by atoms with E-state index in [-0.39, 0.29) is 17.1 Å². The van der Waals surface area contributed by atoms with Crippen LogP contribution in [0.5, 0.6) is 0 Å². The molecular weight excluding hydrogens is 376 g/mol. The summed E-state index contributed by atoms with van der Waals surface area (Å²) < 4.78 is 5.90. The van der Waals surface area contributed by atoms with E-state index in [0.717, 1.165) is 18.5 Å². The molecule has 0 radical (unpaired) electrons. The van der Waals surface area contributed by atoms with E-state index in [1.807, 2.05) is 26.2 Å². The molecule has 1 atom stereocenters. The van der Waals surface area contributed by atoms with E-state index in [1.54, 1.807) is 41.3 Å². The number of halogens is 1. The molecule has 1 aromatic heterocycles. The predicted octanol–water partition coefficient (Wildman–Crippen LogP) is 3.94. The van der Waals surface area contributed by atoms with Gasteiger partial charge in [0.1, 0.15) is 5.58 Å². The van der Waals surface area contributed by atoms with E-state index in [4.69, 9.17) is 16.0 Å². The lowest BCUT2D eigenvalue weighted by Gasteiger charge is -2.25. The number of rotatable bonds is 5. The van der Waals surface area contributed by atoms with Gasteiger partial charge in [-0.3, -0.25) is 9.59 Å². The Hall–Kier alpha value is -2.63. The van der Waals surface area contributed by atoms with Crippen LogP contribution < -0.4 is 5.43 Å². The third-order valence-electron chi connectivity index (χ3n) is 5.06. The number of nitrogens with zero attached hydrogens (tertiary/aromatic N) is 2. The summed E-state index contributed by atoms with van der Waals surface area (Å²) in [5.41, 5.74) is 1.55. The van der Waals surface area contributed by atoms with E-state index in [1.165, 1.54) is 0 Å². The molecule has 6 heteroatoms. The van der Waals surface area contributed by atoms with Crippen LogP contribution in [-0.4, -0.2) is 42.9 Å². The number of hydrogen-bond donors (Lipinski definition) is 0. The molecule has 4 rings (SSSR count). The largest absolute Gasteiger partial charge is 0.450 e. The second kappa shape index (κ2) is 7.41. The molecule has 1 aliphatic rings. The van der Waals surface area contributed by atoms with Crippen molar-refractivity contribution in [1.29, 1.82) is 0 Å². The van der Waals surface area contributed by atoms with Crippen LogP contribution in [0.15, 0.2) is 57.7 Å². The fourth-order valence-corrected chi connectivity index (χ4v) is 3.87. The van der Waals surface area contributed by atoms with E-state index < -0.39 is 6.04 Å². The van der Waals surface area contributed by atoms with Gasteiger partial charge in [-0.2, -0.15) is 0 Å². The van der Waals surface area contributed by atoms with Crippen molar-refractivity contribution >= 4 is 28.5 Å². The zero-order valence-electron chi connectivity index (χ0n) is 15.8. The minimum atomic E-state index is -0.470. The summed E-state index contributed by atoms with van der Waals surface area (Å²) in [6.07, 6.45) is 0.796. The molecule has 28 heavy (non-hydrogen) atoms. The van der Waals surface area contributed by atoms with Gasteiger partial charge in [0, 0.05) is 11.6 Å². The number of carbonyl (C=O) groups excluding carboxylic acids is 1. The van der Waals surface area contributed by atoms with E-state index in [2.05, 4.69) is 4.90 Å². The molecule has 3 aromatic rings. The van der Waals surface area contributed by atoms with Crippen molar-refractivity contribution in [3.8, 4) is 0 Å². The van der Waals surface area contributed by atoms with E-state index in [0.29, 0.717) is 28.1 Å². The maximum atomic E-state index is 13.3. The number of amides is 1. The van der Waals surface area contributed by atoms with Gasteiger partial charge in [0.2, 0.25) is 5.76 Å². The first-order valence-electron chi connectivity index (χ1n) is 9.24. The number of carbonyl (C=O) groups is 1. The van der Waals surface area contributed by atoms with Gasteiger partial charge in [-0.15, -0.1) is 0 Å². The summed E-state index contributed by atoms with van der Waals surface area (Å²) in [5.74, 6) is -0.0925. The third-order valence-corrected chi connectivity index (χ3v) is 5.32. The van der Waals surface area contributed by atoms with Gasteiger partial charge in [0.05, 0.1) is 17.0 Å². The van der Waals surface area contributed by atoms with Crippen molar-refractivity contribution in [1.82, 2.24) is 9.80 Å². The lowest BCUT2D eigenvalue weighted by atomic mass is 9.98. The average molecular weight is 397 g/mol. The Morgan fingerprint density at radius 2 is 1.79 bits per heavy atom. The lowest BCUT2D eigenvalue weighted by molar-refractivity contribution is 0.0722. The van der Waals surface area contributed by atoms with Gasteiger partial charge in [0.15, 0.2) is 5.43 Å². The molecule has 0 unspecified atom stereocenters. The quantitative estimate of drug-likeness (QED) is 0.655. The molecule has 0 aliphatic carbocycles. The van der Waals surface area contributed by atoms with Crippen molar-refractivity contribution in [2.75, 3.05) is 27.2 Å². The summed E-state index contributed by atoms with van der Waals surface area (Å²) in [7, 11) is 3.99. The fourth-order valence-electron chi connectivity index (χ4n) is 3.75. The third kappa shape index (κ3) is 3.21. The first-order chi connectivity index (χ1) is 13.5. The van der Waals surface area contributed by atoms with Crippen LogP contribution in [0, 0.1) is 0 Å². The Morgan fingerprint density at radius 3 is 2.50 bits per heavy atom. The van der Waals surface area contributed by atoms with Crippen LogP contribution in [0.2, 0.25) is 5.02 Å². The molecule has 1 amide bonds. The number of benzene rings is 2. The Balaban J connectivity index is 1.86. The Kier molecular flexibility index (Phi) is 4.96. The Labute approximate surface area is 168 Å². The van der Waals surface area contributed by atoms with Crippen LogP contribution >= 0.6 is 11.6 Å². The molecular formula is C22H21ClN2O3.